The molecule has 0 aromatic heterocycles. The van der Waals surface area contributed by atoms with Crippen LogP contribution in [0.25, 0.3) is 0 Å². The first-order chi connectivity index (χ1) is 6.61. The van der Waals surface area contributed by atoms with Crippen LogP contribution >= 0.6 is 11.8 Å². The summed E-state index contributed by atoms with van der Waals surface area (Å²) in [6.45, 7) is 4.06. The molecule has 0 unspecified atom stereocenters. The highest BCUT2D eigenvalue weighted by Crippen LogP contribution is 1.97. The van der Waals surface area contributed by atoms with Gasteiger partial charge in [-0.3, -0.25) is 9.59 Å². The molecule has 0 saturated heterocycles. The van der Waals surface area contributed by atoms with E-state index in [1.807, 2.05) is 13.2 Å². The Kier molecular flexibility index (Phi) is 7.28. The van der Waals surface area contributed by atoms with Crippen molar-refractivity contribution in [2.24, 2.45) is 0 Å². The fourth-order valence-electron chi connectivity index (χ4n) is 0.966. The fourth-order valence-corrected chi connectivity index (χ4v) is 1.53. The zero-order valence-electron chi connectivity index (χ0n) is 8.92. The lowest BCUT2D eigenvalue weighted by atomic mass is 10.3. The van der Waals surface area contributed by atoms with Crippen molar-refractivity contribution in [2.75, 3.05) is 18.6 Å². The fraction of sp³-hybridized carbons (Fsp3) is 0.778. The van der Waals surface area contributed by atoms with Gasteiger partial charge in [0.25, 0.3) is 0 Å². The van der Waals surface area contributed by atoms with E-state index in [0.29, 0.717) is 12.3 Å². The number of rotatable bonds is 6. The molecule has 14 heavy (non-hydrogen) atoms. The van der Waals surface area contributed by atoms with Crippen LogP contribution in [0.5, 0.6) is 0 Å². The molecule has 0 aromatic carbocycles. The summed E-state index contributed by atoms with van der Waals surface area (Å²) in [5.74, 6) is 0.335. The molecule has 4 nitrogen and oxygen atoms in total. The van der Waals surface area contributed by atoms with Gasteiger partial charge in [0, 0.05) is 19.2 Å². The first-order valence-electron chi connectivity index (χ1n) is 4.65. The van der Waals surface area contributed by atoms with E-state index < -0.39 is 6.04 Å². The van der Waals surface area contributed by atoms with E-state index in [4.69, 9.17) is 0 Å². The van der Waals surface area contributed by atoms with Gasteiger partial charge in [-0.15, -0.1) is 0 Å². The molecule has 0 aliphatic carbocycles. The Labute approximate surface area is 89.2 Å². The van der Waals surface area contributed by atoms with E-state index in [0.717, 1.165) is 6.42 Å². The quantitative estimate of drug-likeness (QED) is 0.677. The van der Waals surface area contributed by atoms with Gasteiger partial charge in [0.05, 0.1) is 0 Å². The molecule has 82 valence electrons. The highest BCUT2D eigenvalue weighted by molar-refractivity contribution is 7.98. The van der Waals surface area contributed by atoms with Crippen molar-refractivity contribution < 1.29 is 9.59 Å². The second-order valence-electron chi connectivity index (χ2n) is 3.00. The number of nitrogens with one attached hydrogen (secondary N) is 2. The van der Waals surface area contributed by atoms with Crippen LogP contribution in [0.2, 0.25) is 0 Å². The van der Waals surface area contributed by atoms with Crippen molar-refractivity contribution in [2.45, 2.75) is 26.3 Å². The van der Waals surface area contributed by atoms with Gasteiger partial charge < -0.3 is 10.6 Å². The minimum Gasteiger partial charge on any atom is -0.354 e. The normalized spacial score (nSPS) is 11.9. The van der Waals surface area contributed by atoms with E-state index in [1.165, 1.54) is 18.7 Å². The van der Waals surface area contributed by atoms with Crippen molar-refractivity contribution >= 4 is 23.6 Å². The van der Waals surface area contributed by atoms with Crippen LogP contribution < -0.4 is 10.6 Å². The maximum atomic E-state index is 11.5. The molecular weight excluding hydrogens is 200 g/mol. The van der Waals surface area contributed by atoms with Crippen LogP contribution in [0.4, 0.5) is 0 Å². The number of hydrogen-bond donors (Lipinski definition) is 2. The molecule has 0 aliphatic heterocycles. The molecule has 0 radical (unpaired) electrons. The van der Waals surface area contributed by atoms with Crippen molar-refractivity contribution in [3.63, 3.8) is 0 Å². The van der Waals surface area contributed by atoms with Gasteiger partial charge in [-0.2, -0.15) is 11.8 Å². The molecule has 2 N–H and O–H groups in total. The summed E-state index contributed by atoms with van der Waals surface area (Å²) in [4.78, 5) is 22.3. The third-order valence-electron chi connectivity index (χ3n) is 1.58. The highest BCUT2D eigenvalue weighted by atomic mass is 32.2. The molecule has 0 heterocycles. The maximum Gasteiger partial charge on any atom is 0.243 e. The zero-order valence-corrected chi connectivity index (χ0v) is 9.74. The number of amides is 2. The maximum absolute atomic E-state index is 11.5. The Morgan fingerprint density at radius 1 is 1.43 bits per heavy atom. The van der Waals surface area contributed by atoms with Crippen molar-refractivity contribution in [3.05, 3.63) is 0 Å². The second-order valence-corrected chi connectivity index (χ2v) is 3.91. The first-order valence-corrected chi connectivity index (χ1v) is 6.05. The lowest BCUT2D eigenvalue weighted by Gasteiger charge is -2.15. The summed E-state index contributed by atoms with van der Waals surface area (Å²) in [6.07, 6.45) is 2.81. The van der Waals surface area contributed by atoms with Gasteiger partial charge in [0.2, 0.25) is 11.8 Å². The van der Waals surface area contributed by atoms with Crippen LogP contribution in [-0.2, 0) is 9.59 Å². The summed E-state index contributed by atoms with van der Waals surface area (Å²) >= 11 is 1.54. The van der Waals surface area contributed by atoms with Crippen LogP contribution in [0.1, 0.15) is 20.3 Å². The average molecular weight is 218 g/mol. The largest absolute Gasteiger partial charge is 0.354 e. The zero-order chi connectivity index (χ0) is 11.0. The topological polar surface area (TPSA) is 58.2 Å². The third kappa shape index (κ3) is 5.85. The molecule has 0 aromatic rings. The van der Waals surface area contributed by atoms with Crippen molar-refractivity contribution in [1.82, 2.24) is 10.6 Å². The predicted molar refractivity (Wildman–Crippen MR) is 59.3 cm³/mol. The Balaban J connectivity index is 4.03. The number of thioether (sulfide) groups is 1. The van der Waals surface area contributed by atoms with E-state index in [9.17, 15) is 9.59 Å². The predicted octanol–water partition coefficient (Wildman–Crippen LogP) is 0.380. The Morgan fingerprint density at radius 3 is 2.50 bits per heavy atom. The molecule has 0 aliphatic rings. The van der Waals surface area contributed by atoms with Crippen molar-refractivity contribution in [3.8, 4) is 0 Å². The molecule has 5 heteroatoms. The number of hydrogen-bond acceptors (Lipinski definition) is 3. The minimum absolute atomic E-state index is 0.101. The lowest BCUT2D eigenvalue weighted by Crippen LogP contribution is -2.47. The minimum atomic E-state index is -0.408. The summed E-state index contributed by atoms with van der Waals surface area (Å²) in [7, 11) is 0. The number of carbonyl (C=O) groups is 2. The molecular formula is C9H18N2O2S. The third-order valence-corrected chi connectivity index (χ3v) is 2.24. The summed E-state index contributed by atoms with van der Waals surface area (Å²) in [5.41, 5.74) is 0. The highest BCUT2D eigenvalue weighted by Gasteiger charge is 2.17. The summed E-state index contributed by atoms with van der Waals surface area (Å²) in [5, 5.41) is 5.37. The van der Waals surface area contributed by atoms with Crippen LogP contribution in [0.15, 0.2) is 0 Å². The van der Waals surface area contributed by atoms with E-state index >= 15 is 0 Å². The first kappa shape index (κ1) is 13.3. The molecule has 2 amide bonds. The van der Waals surface area contributed by atoms with E-state index in [1.54, 1.807) is 0 Å². The Hall–Kier alpha value is -0.710. The van der Waals surface area contributed by atoms with E-state index in [-0.39, 0.29) is 11.8 Å². The van der Waals surface area contributed by atoms with Crippen molar-refractivity contribution in [1.29, 1.82) is 0 Å². The molecule has 0 saturated carbocycles. The molecule has 0 spiro atoms. The van der Waals surface area contributed by atoms with Gasteiger partial charge in [-0.05, 0) is 12.7 Å². The number of carbonyl (C=O) groups excluding carboxylic acids is 2. The second kappa shape index (κ2) is 7.67. The molecule has 0 fully saturated rings. The van der Waals surface area contributed by atoms with E-state index in [2.05, 4.69) is 10.6 Å². The van der Waals surface area contributed by atoms with Gasteiger partial charge in [-0.25, -0.2) is 0 Å². The van der Waals surface area contributed by atoms with Gasteiger partial charge in [0.15, 0.2) is 0 Å². The van der Waals surface area contributed by atoms with Crippen LogP contribution in [-0.4, -0.2) is 36.4 Å². The molecule has 0 rings (SSSR count). The SMILES string of the molecule is CCCNC(=O)[C@H](CSC)NC(C)=O. The lowest BCUT2D eigenvalue weighted by molar-refractivity contribution is -0.127. The van der Waals surface area contributed by atoms with Gasteiger partial charge in [0.1, 0.15) is 6.04 Å². The summed E-state index contributed by atoms with van der Waals surface area (Å²) in [6, 6.07) is -0.408. The van der Waals surface area contributed by atoms with Crippen LogP contribution in [0.3, 0.4) is 0 Å². The smallest absolute Gasteiger partial charge is 0.243 e. The monoisotopic (exact) mass is 218 g/mol. The Morgan fingerprint density at radius 2 is 2.07 bits per heavy atom. The van der Waals surface area contributed by atoms with Gasteiger partial charge >= 0.3 is 0 Å². The molecule has 0 bridgehead atoms. The molecule has 1 atom stereocenters. The Bertz CT molecular complexity index is 197. The summed E-state index contributed by atoms with van der Waals surface area (Å²) < 4.78 is 0. The average Bonchev–Trinajstić information content (AvgIpc) is 2.13. The van der Waals surface area contributed by atoms with Crippen LogP contribution in [0, 0.1) is 0 Å². The van der Waals surface area contributed by atoms with Gasteiger partial charge in [-0.1, -0.05) is 6.92 Å². The standard InChI is InChI=1S/C9H18N2O2S/c1-4-5-10-9(13)8(6-14-3)11-7(2)12/h8H,4-6H2,1-3H3,(H,10,13)(H,11,12)/t8-/m0/s1.